The van der Waals surface area contributed by atoms with Gasteiger partial charge in [-0.25, -0.2) is 20.2 Å². The maximum absolute atomic E-state index is 13.5. The van der Waals surface area contributed by atoms with Crippen LogP contribution in [0.3, 0.4) is 0 Å². The van der Waals surface area contributed by atoms with Crippen molar-refractivity contribution in [3.05, 3.63) is 36.3 Å². The highest BCUT2D eigenvalue weighted by molar-refractivity contribution is 6.62. The van der Waals surface area contributed by atoms with Crippen molar-refractivity contribution in [1.82, 2.24) is 20.4 Å². The third kappa shape index (κ3) is 5.55. The fourth-order valence-electron chi connectivity index (χ4n) is 4.99. The third-order valence-electron chi connectivity index (χ3n) is 7.93. The van der Waals surface area contributed by atoms with Crippen molar-refractivity contribution < 1.29 is 23.6 Å². The molecule has 2 heterocycles. The molecule has 10 heteroatoms. The van der Waals surface area contributed by atoms with Crippen LogP contribution in [-0.4, -0.2) is 58.4 Å². The lowest BCUT2D eigenvalue weighted by Gasteiger charge is -2.35. The van der Waals surface area contributed by atoms with Gasteiger partial charge in [0.1, 0.15) is 5.82 Å². The molecule has 0 bridgehead atoms. The number of benzene rings is 1. The lowest BCUT2D eigenvalue weighted by atomic mass is 9.78. The average Bonchev–Trinajstić information content (AvgIpc) is 3.44. The molecule has 2 aliphatic rings. The Kier molecular flexibility index (Phi) is 7.71. The highest BCUT2D eigenvalue weighted by Crippen LogP contribution is 2.39. The summed E-state index contributed by atoms with van der Waals surface area (Å²) in [7, 11) is 0.876. The second-order valence-electron chi connectivity index (χ2n) is 11.3. The lowest BCUT2D eigenvalue weighted by molar-refractivity contribution is -0.142. The second-order valence-corrected chi connectivity index (χ2v) is 11.3. The van der Waals surface area contributed by atoms with Crippen molar-refractivity contribution >= 4 is 24.6 Å². The smallest absolute Gasteiger partial charge is 0.452 e. The Labute approximate surface area is 219 Å². The summed E-state index contributed by atoms with van der Waals surface area (Å²) in [5.41, 5.74) is 4.65. The molecule has 2 atom stereocenters. The van der Waals surface area contributed by atoms with Gasteiger partial charge < -0.3 is 19.0 Å². The van der Waals surface area contributed by atoms with E-state index in [1.807, 2.05) is 72.0 Å². The van der Waals surface area contributed by atoms with E-state index in [4.69, 9.17) is 14.0 Å². The summed E-state index contributed by atoms with van der Waals surface area (Å²) < 4.78 is 17.1. The zero-order valence-electron chi connectivity index (χ0n) is 23.0. The molecule has 200 valence electrons. The minimum Gasteiger partial charge on any atom is -0.452 e. The van der Waals surface area contributed by atoms with Crippen LogP contribution >= 0.6 is 0 Å². The number of aromatic amines is 1. The number of amides is 2. The van der Waals surface area contributed by atoms with E-state index in [-0.39, 0.29) is 35.0 Å². The quantitative estimate of drug-likeness (QED) is 0.463. The Morgan fingerprint density at radius 2 is 1.73 bits per heavy atom. The van der Waals surface area contributed by atoms with Gasteiger partial charge in [-0.05, 0) is 65.4 Å². The van der Waals surface area contributed by atoms with Gasteiger partial charge >= 0.3 is 13.2 Å². The topological polar surface area (TPSA) is 106 Å². The number of carbonyl (C=O) groups excluding carboxylic acids is 2. The zero-order valence-corrected chi connectivity index (χ0v) is 23.0. The maximum atomic E-state index is 13.5. The summed E-state index contributed by atoms with van der Waals surface area (Å²) >= 11 is 0. The molecule has 2 fully saturated rings. The van der Waals surface area contributed by atoms with Crippen LogP contribution in [0.1, 0.15) is 79.0 Å². The predicted molar refractivity (Wildman–Crippen MR) is 142 cm³/mol. The first kappa shape index (κ1) is 27.2. The van der Waals surface area contributed by atoms with Gasteiger partial charge in [-0.1, -0.05) is 37.1 Å². The number of imidazole rings is 1. The van der Waals surface area contributed by atoms with E-state index in [9.17, 15) is 9.59 Å². The number of methoxy groups -OCH3 is 1. The Balaban J connectivity index is 1.51. The van der Waals surface area contributed by atoms with Crippen molar-refractivity contribution in [2.45, 2.75) is 90.4 Å². The Morgan fingerprint density at radius 1 is 1.11 bits per heavy atom. The number of rotatable bonds is 5. The van der Waals surface area contributed by atoms with Crippen LogP contribution in [0, 0.1) is 5.92 Å². The number of nitrogens with one attached hydrogen (secondary N) is 2. The monoisotopic (exact) mass is 510 g/mol. The number of H-pyrrole nitrogens is 1. The summed E-state index contributed by atoms with van der Waals surface area (Å²) in [6, 6.07) is 7.89. The van der Waals surface area contributed by atoms with Gasteiger partial charge in [0.05, 0.1) is 30.2 Å². The number of hydrogen-bond acceptors (Lipinski definition) is 6. The van der Waals surface area contributed by atoms with E-state index in [1.54, 1.807) is 0 Å². The van der Waals surface area contributed by atoms with Crippen LogP contribution in [0.15, 0.2) is 30.5 Å². The summed E-state index contributed by atoms with van der Waals surface area (Å²) in [6.45, 7) is 11.9. The molecule has 0 unspecified atom stereocenters. The first-order valence-corrected chi connectivity index (χ1v) is 13.1. The first-order chi connectivity index (χ1) is 17.4. The van der Waals surface area contributed by atoms with Gasteiger partial charge in [0.2, 0.25) is 5.91 Å². The molecule has 2 N–H and O–H groups in total. The number of ether oxygens (including phenoxy) is 1. The molecular weight excluding hydrogens is 471 g/mol. The molecular formula is C27H39BN4O5. The van der Waals surface area contributed by atoms with Crippen LogP contribution < -0.4 is 10.9 Å². The van der Waals surface area contributed by atoms with Gasteiger partial charge in [0.15, 0.2) is 0 Å². The standard InChI is InChI=1S/C27H39BN4O5/c1-17(2)32(31-25(34)35-7)24(33)21-11-9-8-10-20(21)23-29-16-22(30-23)18-12-14-19(15-13-18)28-36-26(3,4)27(5,6)37-28/h12-17,20-21H,8-11H2,1-7H3,(H,29,30)(H,31,34)/t20-,21+/m0/s1. The molecule has 0 spiro atoms. The van der Waals surface area contributed by atoms with E-state index in [0.717, 1.165) is 48.2 Å². The second kappa shape index (κ2) is 10.5. The van der Waals surface area contributed by atoms with Crippen molar-refractivity contribution in [1.29, 1.82) is 0 Å². The van der Waals surface area contributed by atoms with Gasteiger partial charge in [0, 0.05) is 17.9 Å². The van der Waals surface area contributed by atoms with Crippen LogP contribution in [0.5, 0.6) is 0 Å². The molecule has 37 heavy (non-hydrogen) atoms. The van der Waals surface area contributed by atoms with E-state index in [2.05, 4.69) is 15.4 Å². The predicted octanol–water partition coefficient (Wildman–Crippen LogP) is 4.16. The van der Waals surface area contributed by atoms with E-state index < -0.39 is 13.2 Å². The molecule has 1 saturated heterocycles. The Bertz CT molecular complexity index is 1100. The number of hydrazine groups is 1. The summed E-state index contributed by atoms with van der Waals surface area (Å²) in [5, 5.41) is 1.38. The molecule has 2 amide bonds. The molecule has 1 aromatic heterocycles. The SMILES string of the molecule is COC(=O)NN(C(=O)[C@@H]1CCCC[C@@H]1c1ncc(-c2ccc(B3OC(C)(C)C(C)(C)O3)cc2)[nH]1)C(C)C. The Morgan fingerprint density at radius 3 is 2.32 bits per heavy atom. The highest BCUT2D eigenvalue weighted by atomic mass is 16.7. The normalized spacial score (nSPS) is 22.6. The fourth-order valence-corrected chi connectivity index (χ4v) is 4.99. The van der Waals surface area contributed by atoms with Crippen molar-refractivity contribution in [3.63, 3.8) is 0 Å². The Hall–Kier alpha value is -2.85. The van der Waals surface area contributed by atoms with Crippen LogP contribution in [0.4, 0.5) is 4.79 Å². The van der Waals surface area contributed by atoms with E-state index in [0.29, 0.717) is 0 Å². The zero-order chi connectivity index (χ0) is 27.0. The van der Waals surface area contributed by atoms with Crippen molar-refractivity contribution in [3.8, 4) is 11.3 Å². The summed E-state index contributed by atoms with van der Waals surface area (Å²) in [5.74, 6) is 0.345. The van der Waals surface area contributed by atoms with Crippen LogP contribution in [0.2, 0.25) is 0 Å². The number of carbonyl (C=O) groups is 2. The van der Waals surface area contributed by atoms with Gasteiger partial charge in [-0.2, -0.15) is 0 Å². The molecule has 1 aromatic carbocycles. The largest absolute Gasteiger partial charge is 0.494 e. The van der Waals surface area contributed by atoms with Crippen LogP contribution in [0.25, 0.3) is 11.3 Å². The molecule has 1 aliphatic carbocycles. The number of aromatic nitrogens is 2. The molecule has 1 aliphatic heterocycles. The van der Waals surface area contributed by atoms with E-state index >= 15 is 0 Å². The highest BCUT2D eigenvalue weighted by Gasteiger charge is 2.51. The summed E-state index contributed by atoms with van der Waals surface area (Å²) in [6.07, 6.45) is 4.76. The molecule has 1 saturated carbocycles. The van der Waals surface area contributed by atoms with E-state index in [1.165, 1.54) is 12.1 Å². The maximum Gasteiger partial charge on any atom is 0.494 e. The fraction of sp³-hybridized carbons (Fsp3) is 0.593. The summed E-state index contributed by atoms with van der Waals surface area (Å²) in [4.78, 5) is 33.5. The van der Waals surface area contributed by atoms with Crippen molar-refractivity contribution in [2.24, 2.45) is 5.92 Å². The number of nitrogens with zero attached hydrogens (tertiary/aromatic N) is 2. The molecule has 0 radical (unpaired) electrons. The first-order valence-electron chi connectivity index (χ1n) is 13.1. The van der Waals surface area contributed by atoms with Crippen LogP contribution in [-0.2, 0) is 18.8 Å². The molecule has 4 rings (SSSR count). The average molecular weight is 510 g/mol. The molecule has 2 aromatic rings. The minimum atomic E-state index is -0.654. The van der Waals surface area contributed by atoms with Gasteiger partial charge in [-0.15, -0.1) is 0 Å². The van der Waals surface area contributed by atoms with Gasteiger partial charge in [-0.3, -0.25) is 4.79 Å². The minimum absolute atomic E-state index is 0.0558. The molecule has 9 nitrogen and oxygen atoms in total. The lowest BCUT2D eigenvalue weighted by Crippen LogP contribution is -2.53. The number of hydrogen-bond donors (Lipinski definition) is 2. The van der Waals surface area contributed by atoms with Crippen molar-refractivity contribution in [2.75, 3.05) is 7.11 Å². The third-order valence-corrected chi connectivity index (χ3v) is 7.93. The van der Waals surface area contributed by atoms with Gasteiger partial charge in [0.25, 0.3) is 0 Å².